The molecule has 0 unspecified atom stereocenters. The second kappa shape index (κ2) is 5.57. The molecular weight excluding hydrogens is 296 g/mol. The number of amides is 3. The van der Waals surface area contributed by atoms with E-state index >= 15 is 0 Å². The molecule has 0 aromatic heterocycles. The number of benzene rings is 2. The highest BCUT2D eigenvalue weighted by Gasteiger charge is 2.36. The van der Waals surface area contributed by atoms with Gasteiger partial charge >= 0.3 is 6.09 Å². The molecule has 0 saturated heterocycles. The quantitative estimate of drug-likeness (QED) is 0.865. The van der Waals surface area contributed by atoms with E-state index in [1.165, 1.54) is 7.11 Å². The van der Waals surface area contributed by atoms with Crippen LogP contribution in [0.1, 0.15) is 26.3 Å². The van der Waals surface area contributed by atoms with Crippen molar-refractivity contribution in [3.63, 3.8) is 0 Å². The third-order valence-corrected chi connectivity index (χ3v) is 3.70. The summed E-state index contributed by atoms with van der Waals surface area (Å²) in [6.45, 7) is 1.80. The van der Waals surface area contributed by atoms with Crippen molar-refractivity contribution in [1.29, 1.82) is 0 Å². The predicted molar refractivity (Wildman–Crippen MR) is 84.8 cm³/mol. The number of ether oxygens (including phenoxy) is 1. The molecule has 0 radical (unpaired) electrons. The van der Waals surface area contributed by atoms with Crippen LogP contribution in [-0.4, -0.2) is 25.0 Å². The van der Waals surface area contributed by atoms with Gasteiger partial charge in [-0.15, -0.1) is 0 Å². The molecule has 2 aromatic rings. The molecule has 1 aliphatic rings. The van der Waals surface area contributed by atoms with Crippen LogP contribution in [0.3, 0.4) is 0 Å². The van der Waals surface area contributed by atoms with E-state index in [9.17, 15) is 14.4 Å². The van der Waals surface area contributed by atoms with Crippen molar-refractivity contribution < 1.29 is 19.1 Å². The van der Waals surface area contributed by atoms with E-state index in [-0.39, 0.29) is 11.8 Å². The van der Waals surface area contributed by atoms with Crippen LogP contribution in [0.15, 0.2) is 42.5 Å². The number of nitrogens with zero attached hydrogens (tertiary/aromatic N) is 1. The molecule has 6 heteroatoms. The lowest BCUT2D eigenvalue weighted by Gasteiger charge is -2.16. The van der Waals surface area contributed by atoms with Crippen molar-refractivity contribution >= 4 is 29.3 Å². The van der Waals surface area contributed by atoms with E-state index in [1.807, 2.05) is 0 Å². The highest BCUT2D eigenvalue weighted by molar-refractivity contribution is 6.34. The fourth-order valence-electron chi connectivity index (χ4n) is 2.47. The summed E-state index contributed by atoms with van der Waals surface area (Å²) < 4.78 is 4.57. The lowest BCUT2D eigenvalue weighted by molar-refractivity contribution is 0.0926. The zero-order valence-corrected chi connectivity index (χ0v) is 12.6. The van der Waals surface area contributed by atoms with E-state index < -0.39 is 6.09 Å². The van der Waals surface area contributed by atoms with Gasteiger partial charge in [-0.1, -0.05) is 18.2 Å². The van der Waals surface area contributed by atoms with Crippen LogP contribution in [0, 0.1) is 6.92 Å². The van der Waals surface area contributed by atoms with Crippen molar-refractivity contribution in [3.8, 4) is 0 Å². The highest BCUT2D eigenvalue weighted by Crippen LogP contribution is 2.31. The van der Waals surface area contributed by atoms with Crippen molar-refractivity contribution in [2.24, 2.45) is 0 Å². The van der Waals surface area contributed by atoms with Gasteiger partial charge in [0.05, 0.1) is 23.9 Å². The summed E-state index contributed by atoms with van der Waals surface area (Å²) in [5.74, 6) is -0.753. The topological polar surface area (TPSA) is 75.7 Å². The zero-order chi connectivity index (χ0) is 16.6. The number of nitrogens with one attached hydrogen (secondary N) is 1. The van der Waals surface area contributed by atoms with E-state index in [0.29, 0.717) is 22.5 Å². The van der Waals surface area contributed by atoms with E-state index in [2.05, 4.69) is 10.1 Å². The maximum Gasteiger partial charge on any atom is 0.411 e. The van der Waals surface area contributed by atoms with E-state index in [1.54, 1.807) is 49.4 Å². The van der Waals surface area contributed by atoms with Gasteiger partial charge in [0.1, 0.15) is 0 Å². The summed E-state index contributed by atoms with van der Waals surface area (Å²) >= 11 is 0. The Morgan fingerprint density at radius 1 is 1.04 bits per heavy atom. The maximum atomic E-state index is 12.5. The van der Waals surface area contributed by atoms with Crippen molar-refractivity contribution in [2.45, 2.75) is 6.92 Å². The lowest BCUT2D eigenvalue weighted by Crippen LogP contribution is -2.29. The number of rotatable bonds is 2. The molecule has 0 spiro atoms. The first-order valence-electron chi connectivity index (χ1n) is 6.96. The molecule has 23 heavy (non-hydrogen) atoms. The summed E-state index contributed by atoms with van der Waals surface area (Å²) in [4.78, 5) is 37.4. The number of hydrogen-bond acceptors (Lipinski definition) is 4. The van der Waals surface area contributed by atoms with Crippen molar-refractivity contribution in [2.75, 3.05) is 17.3 Å². The number of hydrogen-bond donors (Lipinski definition) is 1. The molecule has 0 fully saturated rings. The monoisotopic (exact) mass is 310 g/mol. The Bertz CT molecular complexity index is 794. The van der Waals surface area contributed by atoms with Gasteiger partial charge < -0.3 is 4.74 Å². The van der Waals surface area contributed by atoms with Gasteiger partial charge in [-0.3, -0.25) is 14.9 Å². The minimum Gasteiger partial charge on any atom is -0.453 e. The number of methoxy groups -OCH3 is 1. The SMILES string of the molecule is COC(=O)Nc1cc(N2C(=O)c3ccccc3C2=O)ccc1C. The summed E-state index contributed by atoms with van der Waals surface area (Å²) in [7, 11) is 1.26. The van der Waals surface area contributed by atoms with Crippen LogP contribution in [0.25, 0.3) is 0 Å². The minimum atomic E-state index is -0.618. The first-order chi connectivity index (χ1) is 11.0. The van der Waals surface area contributed by atoms with Crippen LogP contribution >= 0.6 is 0 Å². The number of aryl methyl sites for hydroxylation is 1. The predicted octanol–water partition coefficient (Wildman–Crippen LogP) is 2.97. The largest absolute Gasteiger partial charge is 0.453 e. The molecule has 6 nitrogen and oxygen atoms in total. The third-order valence-electron chi connectivity index (χ3n) is 3.70. The minimum absolute atomic E-state index is 0.376. The Kier molecular flexibility index (Phi) is 3.57. The molecule has 1 heterocycles. The molecule has 0 bridgehead atoms. The molecule has 0 aliphatic carbocycles. The second-order valence-corrected chi connectivity index (χ2v) is 5.11. The van der Waals surface area contributed by atoms with Gasteiger partial charge in [0.15, 0.2) is 0 Å². The number of anilines is 2. The normalized spacial score (nSPS) is 13.0. The van der Waals surface area contributed by atoms with Crippen LogP contribution in [-0.2, 0) is 4.74 Å². The molecular formula is C17H14N2O4. The van der Waals surface area contributed by atoms with Gasteiger partial charge in [0.25, 0.3) is 11.8 Å². The lowest BCUT2D eigenvalue weighted by atomic mass is 10.1. The number of carbonyl (C=O) groups is 3. The highest BCUT2D eigenvalue weighted by atomic mass is 16.5. The van der Waals surface area contributed by atoms with E-state index in [4.69, 9.17) is 0 Å². The van der Waals surface area contributed by atoms with Crippen molar-refractivity contribution in [3.05, 3.63) is 59.2 Å². The zero-order valence-electron chi connectivity index (χ0n) is 12.6. The smallest absolute Gasteiger partial charge is 0.411 e. The molecule has 0 atom stereocenters. The Morgan fingerprint density at radius 2 is 1.65 bits per heavy atom. The summed E-state index contributed by atoms with van der Waals surface area (Å²) in [5, 5.41) is 2.56. The van der Waals surface area contributed by atoms with Crippen LogP contribution in [0.5, 0.6) is 0 Å². The first-order valence-corrected chi connectivity index (χ1v) is 6.96. The summed E-state index contributed by atoms with van der Waals surface area (Å²) in [6, 6.07) is 11.6. The average Bonchev–Trinajstić information content (AvgIpc) is 2.81. The standard InChI is InChI=1S/C17H14N2O4/c1-10-7-8-11(9-14(10)18-17(22)23-2)19-15(20)12-5-3-4-6-13(12)16(19)21/h3-9H,1-2H3,(H,18,22). The Labute approximate surface area is 132 Å². The van der Waals surface area contributed by atoms with Crippen LogP contribution in [0.4, 0.5) is 16.2 Å². The maximum absolute atomic E-state index is 12.5. The van der Waals surface area contributed by atoms with Gasteiger partial charge in [0, 0.05) is 5.69 Å². The molecule has 2 aromatic carbocycles. The average molecular weight is 310 g/mol. The molecule has 1 N–H and O–H groups in total. The molecule has 0 saturated carbocycles. The Balaban J connectivity index is 2.00. The van der Waals surface area contributed by atoms with Gasteiger partial charge in [-0.05, 0) is 36.8 Å². The molecule has 116 valence electrons. The van der Waals surface area contributed by atoms with E-state index in [0.717, 1.165) is 10.5 Å². The summed E-state index contributed by atoms with van der Waals surface area (Å²) in [6.07, 6.45) is -0.618. The van der Waals surface area contributed by atoms with Gasteiger partial charge in [-0.25, -0.2) is 9.69 Å². The second-order valence-electron chi connectivity index (χ2n) is 5.11. The Hall–Kier alpha value is -3.15. The summed E-state index contributed by atoms with van der Waals surface area (Å²) in [5.41, 5.74) is 2.41. The fourth-order valence-corrected chi connectivity index (χ4v) is 2.47. The molecule has 3 rings (SSSR count). The third kappa shape index (κ3) is 2.44. The number of carbonyl (C=O) groups excluding carboxylic acids is 3. The fraction of sp³-hybridized carbons (Fsp3) is 0.118. The Morgan fingerprint density at radius 3 is 2.22 bits per heavy atom. The number of imide groups is 1. The van der Waals surface area contributed by atoms with Gasteiger partial charge in [0.2, 0.25) is 0 Å². The molecule has 1 aliphatic heterocycles. The van der Waals surface area contributed by atoms with Crippen LogP contribution < -0.4 is 10.2 Å². The van der Waals surface area contributed by atoms with Crippen LogP contribution in [0.2, 0.25) is 0 Å². The molecule has 3 amide bonds. The van der Waals surface area contributed by atoms with Gasteiger partial charge in [-0.2, -0.15) is 0 Å². The first kappa shape index (κ1) is 14.8. The van der Waals surface area contributed by atoms with Crippen molar-refractivity contribution in [1.82, 2.24) is 0 Å². The number of fused-ring (bicyclic) bond motifs is 1.